The number of benzene rings is 1. The van der Waals surface area contributed by atoms with Gasteiger partial charge in [-0.25, -0.2) is 4.39 Å². The van der Waals surface area contributed by atoms with E-state index in [1.165, 1.54) is 12.3 Å². The second kappa shape index (κ2) is 9.45. The van der Waals surface area contributed by atoms with Gasteiger partial charge in [-0.3, -0.25) is 9.78 Å². The van der Waals surface area contributed by atoms with Crippen molar-refractivity contribution in [2.24, 2.45) is 0 Å². The molecule has 1 fully saturated rings. The van der Waals surface area contributed by atoms with E-state index in [-0.39, 0.29) is 30.3 Å². The fourth-order valence-corrected chi connectivity index (χ4v) is 3.46. The summed E-state index contributed by atoms with van der Waals surface area (Å²) in [7, 11) is 0. The van der Waals surface area contributed by atoms with Crippen molar-refractivity contribution in [1.29, 1.82) is 0 Å². The average Bonchev–Trinajstić information content (AvgIpc) is 3.13. The second-order valence-corrected chi connectivity index (χ2v) is 7.64. The van der Waals surface area contributed by atoms with Crippen LogP contribution in [0.25, 0.3) is 0 Å². The first-order valence-corrected chi connectivity index (χ1v) is 9.85. The molecule has 1 saturated heterocycles. The summed E-state index contributed by atoms with van der Waals surface area (Å²) in [5.41, 5.74) is 2.46. The molecule has 0 bridgehead atoms. The Morgan fingerprint density at radius 1 is 1.23 bits per heavy atom. The quantitative estimate of drug-likeness (QED) is 0.567. The number of ether oxygens (including phenoxy) is 1. The summed E-state index contributed by atoms with van der Waals surface area (Å²) in [6.07, 6.45) is -2.86. The van der Waals surface area contributed by atoms with Crippen LogP contribution in [-0.2, 0) is 11.2 Å². The van der Waals surface area contributed by atoms with Crippen molar-refractivity contribution in [3.05, 3.63) is 53.9 Å². The van der Waals surface area contributed by atoms with Gasteiger partial charge in [0, 0.05) is 43.2 Å². The first-order valence-electron chi connectivity index (χ1n) is 9.85. The van der Waals surface area contributed by atoms with Gasteiger partial charge in [-0.2, -0.15) is 13.2 Å². The number of nitrogens with zero attached hydrogens (tertiary/aromatic N) is 2. The highest BCUT2D eigenvalue weighted by Gasteiger charge is 2.28. The van der Waals surface area contributed by atoms with E-state index in [4.69, 9.17) is 0 Å². The van der Waals surface area contributed by atoms with E-state index in [2.05, 4.69) is 9.72 Å². The number of ketones is 1. The predicted octanol–water partition coefficient (Wildman–Crippen LogP) is 4.88. The van der Waals surface area contributed by atoms with Crippen LogP contribution in [0.5, 0.6) is 5.75 Å². The standard InChI is InChI=1S/C22H24F4N2O2/c1-15(21-7-6-20(12-27-21)30-14-22(24,25)26)10-19(29)11-16-2-4-18(5-3-16)28-9-8-17(23)13-28/h2-7,12,15,17H,8-11,13-14H2,1H3/t15-,17+/m0/s1. The molecule has 2 heterocycles. The normalized spacial score (nSPS) is 17.8. The molecule has 162 valence electrons. The van der Waals surface area contributed by atoms with Gasteiger partial charge in [-0.15, -0.1) is 0 Å². The van der Waals surface area contributed by atoms with Crippen LogP contribution < -0.4 is 9.64 Å². The Morgan fingerprint density at radius 2 is 1.97 bits per heavy atom. The summed E-state index contributed by atoms with van der Waals surface area (Å²) in [6, 6.07) is 10.6. The lowest BCUT2D eigenvalue weighted by Gasteiger charge is -2.17. The molecule has 0 amide bonds. The Balaban J connectivity index is 1.49. The number of alkyl halides is 4. The molecule has 0 aliphatic carbocycles. The molecule has 0 spiro atoms. The summed E-state index contributed by atoms with van der Waals surface area (Å²) in [5, 5.41) is 0. The van der Waals surface area contributed by atoms with Crippen molar-refractivity contribution in [2.45, 2.75) is 44.5 Å². The number of pyridine rings is 1. The lowest BCUT2D eigenvalue weighted by molar-refractivity contribution is -0.153. The van der Waals surface area contributed by atoms with E-state index in [1.807, 2.05) is 36.1 Å². The summed E-state index contributed by atoms with van der Waals surface area (Å²) in [4.78, 5) is 18.5. The molecule has 2 atom stereocenters. The largest absolute Gasteiger partial charge is 0.483 e. The highest BCUT2D eigenvalue weighted by molar-refractivity contribution is 5.81. The minimum atomic E-state index is -4.40. The van der Waals surface area contributed by atoms with E-state index in [0.717, 1.165) is 11.3 Å². The molecular weight excluding hydrogens is 400 g/mol. The molecule has 1 aliphatic rings. The molecule has 1 aliphatic heterocycles. The molecule has 3 rings (SSSR count). The van der Waals surface area contributed by atoms with E-state index >= 15 is 0 Å². The first kappa shape index (κ1) is 22.1. The van der Waals surface area contributed by atoms with Gasteiger partial charge in [0.25, 0.3) is 0 Å². The van der Waals surface area contributed by atoms with E-state index < -0.39 is 19.0 Å². The Labute approximate surface area is 172 Å². The first-order chi connectivity index (χ1) is 14.2. The predicted molar refractivity (Wildman–Crippen MR) is 106 cm³/mol. The summed E-state index contributed by atoms with van der Waals surface area (Å²) < 4.78 is 54.5. The van der Waals surface area contributed by atoms with Crippen LogP contribution in [-0.4, -0.2) is 42.8 Å². The summed E-state index contributed by atoms with van der Waals surface area (Å²) >= 11 is 0. The minimum Gasteiger partial charge on any atom is -0.483 e. The number of hydrogen-bond donors (Lipinski definition) is 0. The number of anilines is 1. The summed E-state index contributed by atoms with van der Waals surface area (Å²) in [6.45, 7) is 1.58. The van der Waals surface area contributed by atoms with Gasteiger partial charge in [-0.05, 0) is 36.2 Å². The number of carbonyl (C=O) groups is 1. The lowest BCUT2D eigenvalue weighted by atomic mass is 9.96. The third-order valence-electron chi connectivity index (χ3n) is 5.03. The highest BCUT2D eigenvalue weighted by Crippen LogP contribution is 2.24. The van der Waals surface area contributed by atoms with Crippen LogP contribution in [0.3, 0.4) is 0 Å². The Morgan fingerprint density at radius 3 is 2.53 bits per heavy atom. The molecule has 30 heavy (non-hydrogen) atoms. The van der Waals surface area contributed by atoms with Crippen molar-refractivity contribution < 1.29 is 27.1 Å². The third-order valence-corrected chi connectivity index (χ3v) is 5.03. The fourth-order valence-electron chi connectivity index (χ4n) is 3.46. The number of aromatic nitrogens is 1. The maximum atomic E-state index is 13.3. The van der Waals surface area contributed by atoms with E-state index in [9.17, 15) is 22.4 Å². The van der Waals surface area contributed by atoms with Crippen LogP contribution in [0.4, 0.5) is 23.2 Å². The van der Waals surface area contributed by atoms with E-state index in [0.29, 0.717) is 25.2 Å². The van der Waals surface area contributed by atoms with Gasteiger partial charge in [-0.1, -0.05) is 19.1 Å². The van der Waals surface area contributed by atoms with Crippen molar-refractivity contribution in [3.63, 3.8) is 0 Å². The topological polar surface area (TPSA) is 42.4 Å². The Hall–Kier alpha value is -2.64. The van der Waals surface area contributed by atoms with Crippen LogP contribution >= 0.6 is 0 Å². The molecule has 1 aromatic heterocycles. The van der Waals surface area contributed by atoms with Gasteiger partial charge in [0.1, 0.15) is 17.7 Å². The maximum absolute atomic E-state index is 13.3. The van der Waals surface area contributed by atoms with Crippen LogP contribution in [0, 0.1) is 0 Å². The molecule has 8 heteroatoms. The Kier molecular flexibility index (Phi) is 6.95. The monoisotopic (exact) mass is 424 g/mol. The average molecular weight is 424 g/mol. The van der Waals surface area contributed by atoms with Crippen molar-refractivity contribution in [3.8, 4) is 5.75 Å². The summed E-state index contributed by atoms with van der Waals surface area (Å²) in [5.74, 6) is -0.0919. The SMILES string of the molecule is C[C@@H](CC(=O)Cc1ccc(N2CC[C@@H](F)C2)cc1)c1ccc(OCC(F)(F)F)cn1. The smallest absolute Gasteiger partial charge is 0.422 e. The van der Waals surface area contributed by atoms with Gasteiger partial charge < -0.3 is 9.64 Å². The van der Waals surface area contributed by atoms with Crippen LogP contribution in [0.2, 0.25) is 0 Å². The van der Waals surface area contributed by atoms with E-state index in [1.54, 1.807) is 6.07 Å². The van der Waals surface area contributed by atoms with Crippen molar-refractivity contribution >= 4 is 11.5 Å². The molecule has 0 N–H and O–H groups in total. The fraction of sp³-hybridized carbons (Fsp3) is 0.455. The zero-order valence-electron chi connectivity index (χ0n) is 16.7. The van der Waals surface area contributed by atoms with Gasteiger partial charge in [0.15, 0.2) is 6.61 Å². The number of carbonyl (C=O) groups excluding carboxylic acids is 1. The maximum Gasteiger partial charge on any atom is 0.422 e. The third kappa shape index (κ3) is 6.43. The van der Waals surface area contributed by atoms with Crippen molar-refractivity contribution in [2.75, 3.05) is 24.6 Å². The van der Waals surface area contributed by atoms with Gasteiger partial charge in [0.2, 0.25) is 0 Å². The zero-order chi connectivity index (χ0) is 21.7. The number of halogens is 4. The zero-order valence-corrected chi connectivity index (χ0v) is 16.7. The molecule has 4 nitrogen and oxygen atoms in total. The highest BCUT2D eigenvalue weighted by atomic mass is 19.4. The molecule has 0 unspecified atom stereocenters. The lowest BCUT2D eigenvalue weighted by Crippen LogP contribution is -2.19. The second-order valence-electron chi connectivity index (χ2n) is 7.64. The number of Topliss-reactive ketones (excluding diaryl/α,β-unsaturated/α-hetero) is 1. The number of hydrogen-bond acceptors (Lipinski definition) is 4. The molecule has 0 saturated carbocycles. The van der Waals surface area contributed by atoms with Crippen LogP contribution in [0.1, 0.15) is 36.9 Å². The van der Waals surface area contributed by atoms with Crippen LogP contribution in [0.15, 0.2) is 42.6 Å². The minimum absolute atomic E-state index is 0.0341. The number of rotatable bonds is 8. The Bertz CT molecular complexity index is 838. The molecule has 1 aromatic carbocycles. The molecular formula is C22H24F4N2O2. The molecule has 0 radical (unpaired) electrons. The van der Waals surface area contributed by atoms with Gasteiger partial charge in [0.05, 0.1) is 6.20 Å². The van der Waals surface area contributed by atoms with Crippen molar-refractivity contribution in [1.82, 2.24) is 4.98 Å². The van der Waals surface area contributed by atoms with Gasteiger partial charge >= 0.3 is 6.18 Å². The molecule has 2 aromatic rings.